The lowest BCUT2D eigenvalue weighted by Crippen LogP contribution is -2.15. The van der Waals surface area contributed by atoms with Crippen molar-refractivity contribution >= 4 is 0 Å². The highest BCUT2D eigenvalue weighted by Gasteiger charge is 2.16. The third-order valence-corrected chi connectivity index (χ3v) is 3.70. The molecule has 2 aromatic carbocycles. The second kappa shape index (κ2) is 6.58. The summed E-state index contributed by atoms with van der Waals surface area (Å²) in [6, 6.07) is 14.2. The molecule has 1 unspecified atom stereocenters. The van der Waals surface area contributed by atoms with E-state index < -0.39 is 0 Å². The molecule has 0 aromatic heterocycles. The van der Waals surface area contributed by atoms with Crippen LogP contribution >= 0.6 is 0 Å². The molecule has 2 heteroatoms. The van der Waals surface area contributed by atoms with Gasteiger partial charge in [0.2, 0.25) is 0 Å². The standard InChI is InChI=1S/C18H23NO/c1-4-12-20-17-11-6-5-9-16(17)18(19)15-10-7-8-13(2)14(15)3/h5-11,18H,4,12,19H2,1-3H3. The van der Waals surface area contributed by atoms with Crippen molar-refractivity contribution in [3.8, 4) is 5.75 Å². The first kappa shape index (κ1) is 14.6. The Morgan fingerprint density at radius 3 is 2.45 bits per heavy atom. The Hall–Kier alpha value is -1.80. The molecular weight excluding hydrogens is 246 g/mol. The maximum atomic E-state index is 6.48. The predicted molar refractivity (Wildman–Crippen MR) is 84.2 cm³/mol. The van der Waals surface area contributed by atoms with E-state index in [1.807, 2.05) is 18.2 Å². The number of ether oxygens (including phenoxy) is 1. The highest BCUT2D eigenvalue weighted by molar-refractivity contribution is 5.45. The minimum absolute atomic E-state index is 0.150. The summed E-state index contributed by atoms with van der Waals surface area (Å²) in [6.07, 6.45) is 0.993. The van der Waals surface area contributed by atoms with Gasteiger partial charge in [0.05, 0.1) is 12.6 Å². The van der Waals surface area contributed by atoms with Gasteiger partial charge in [0.1, 0.15) is 5.75 Å². The van der Waals surface area contributed by atoms with Crippen LogP contribution in [-0.4, -0.2) is 6.61 Å². The number of para-hydroxylation sites is 1. The Balaban J connectivity index is 2.38. The SMILES string of the molecule is CCCOc1ccccc1C(N)c1cccc(C)c1C. The van der Waals surface area contributed by atoms with Gasteiger partial charge in [-0.15, -0.1) is 0 Å². The molecule has 0 amide bonds. The monoisotopic (exact) mass is 269 g/mol. The van der Waals surface area contributed by atoms with E-state index in [9.17, 15) is 0 Å². The fraction of sp³-hybridized carbons (Fsp3) is 0.333. The number of hydrogen-bond acceptors (Lipinski definition) is 2. The van der Waals surface area contributed by atoms with Crippen molar-refractivity contribution in [2.24, 2.45) is 5.73 Å². The van der Waals surface area contributed by atoms with Crippen LogP contribution in [0.4, 0.5) is 0 Å². The number of hydrogen-bond donors (Lipinski definition) is 1. The Morgan fingerprint density at radius 2 is 1.70 bits per heavy atom. The van der Waals surface area contributed by atoms with Crippen LogP contribution in [0.25, 0.3) is 0 Å². The lowest BCUT2D eigenvalue weighted by molar-refractivity contribution is 0.313. The van der Waals surface area contributed by atoms with Crippen LogP contribution in [0, 0.1) is 13.8 Å². The summed E-state index contributed by atoms with van der Waals surface area (Å²) in [4.78, 5) is 0. The van der Waals surface area contributed by atoms with E-state index in [2.05, 4.69) is 45.0 Å². The summed E-state index contributed by atoms with van der Waals surface area (Å²) >= 11 is 0. The molecule has 0 aliphatic heterocycles. The maximum Gasteiger partial charge on any atom is 0.124 e. The van der Waals surface area contributed by atoms with Gasteiger partial charge < -0.3 is 10.5 Å². The molecule has 2 aromatic rings. The lowest BCUT2D eigenvalue weighted by atomic mass is 9.93. The zero-order chi connectivity index (χ0) is 14.5. The smallest absolute Gasteiger partial charge is 0.124 e. The van der Waals surface area contributed by atoms with E-state index in [1.54, 1.807) is 0 Å². The summed E-state index contributed by atoms with van der Waals surface area (Å²) in [5.74, 6) is 0.891. The Labute approximate surface area is 121 Å². The molecule has 0 aliphatic rings. The lowest BCUT2D eigenvalue weighted by Gasteiger charge is -2.19. The fourth-order valence-electron chi connectivity index (χ4n) is 2.36. The van der Waals surface area contributed by atoms with E-state index in [4.69, 9.17) is 10.5 Å². The summed E-state index contributed by atoms with van der Waals surface area (Å²) < 4.78 is 5.82. The van der Waals surface area contributed by atoms with Crippen LogP contribution in [0.1, 0.15) is 41.6 Å². The number of benzene rings is 2. The first-order valence-electron chi connectivity index (χ1n) is 7.18. The van der Waals surface area contributed by atoms with Crippen molar-refractivity contribution in [1.82, 2.24) is 0 Å². The van der Waals surface area contributed by atoms with Crippen molar-refractivity contribution in [3.05, 3.63) is 64.7 Å². The van der Waals surface area contributed by atoms with Gasteiger partial charge in [-0.3, -0.25) is 0 Å². The van der Waals surface area contributed by atoms with Crippen LogP contribution in [-0.2, 0) is 0 Å². The van der Waals surface area contributed by atoms with Crippen LogP contribution in [0.3, 0.4) is 0 Å². The Bertz CT molecular complexity index is 577. The zero-order valence-corrected chi connectivity index (χ0v) is 12.5. The van der Waals surface area contributed by atoms with Gasteiger partial charge in [-0.1, -0.05) is 43.3 Å². The quantitative estimate of drug-likeness (QED) is 0.885. The molecule has 0 radical (unpaired) electrons. The van der Waals surface area contributed by atoms with E-state index in [0.29, 0.717) is 0 Å². The molecule has 20 heavy (non-hydrogen) atoms. The van der Waals surface area contributed by atoms with Crippen molar-refractivity contribution in [2.45, 2.75) is 33.2 Å². The first-order valence-corrected chi connectivity index (χ1v) is 7.18. The molecular formula is C18H23NO. The highest BCUT2D eigenvalue weighted by atomic mass is 16.5. The van der Waals surface area contributed by atoms with Gasteiger partial charge in [0.25, 0.3) is 0 Å². The van der Waals surface area contributed by atoms with Gasteiger partial charge in [0.15, 0.2) is 0 Å². The first-order chi connectivity index (χ1) is 9.65. The average molecular weight is 269 g/mol. The number of aryl methyl sites for hydroxylation is 1. The van der Waals surface area contributed by atoms with Crippen LogP contribution in [0.15, 0.2) is 42.5 Å². The molecule has 1 atom stereocenters. The van der Waals surface area contributed by atoms with Crippen LogP contribution in [0.2, 0.25) is 0 Å². The molecule has 2 nitrogen and oxygen atoms in total. The van der Waals surface area contributed by atoms with Crippen molar-refractivity contribution in [1.29, 1.82) is 0 Å². The van der Waals surface area contributed by atoms with Gasteiger partial charge >= 0.3 is 0 Å². The molecule has 0 spiro atoms. The van der Waals surface area contributed by atoms with E-state index in [1.165, 1.54) is 11.1 Å². The normalized spacial score (nSPS) is 12.2. The second-order valence-corrected chi connectivity index (χ2v) is 5.15. The van der Waals surface area contributed by atoms with Crippen LogP contribution in [0.5, 0.6) is 5.75 Å². The van der Waals surface area contributed by atoms with Gasteiger partial charge in [-0.2, -0.15) is 0 Å². The van der Waals surface area contributed by atoms with Gasteiger partial charge in [-0.05, 0) is 43.0 Å². The predicted octanol–water partition coefficient (Wildman–Crippen LogP) is 4.14. The summed E-state index contributed by atoms with van der Waals surface area (Å²) in [7, 11) is 0. The summed E-state index contributed by atoms with van der Waals surface area (Å²) in [5, 5.41) is 0. The van der Waals surface area contributed by atoms with E-state index in [0.717, 1.165) is 29.9 Å². The van der Waals surface area contributed by atoms with E-state index in [-0.39, 0.29) is 6.04 Å². The highest BCUT2D eigenvalue weighted by Crippen LogP contribution is 2.30. The van der Waals surface area contributed by atoms with Gasteiger partial charge in [-0.25, -0.2) is 0 Å². The fourth-order valence-corrected chi connectivity index (χ4v) is 2.36. The van der Waals surface area contributed by atoms with Crippen LogP contribution < -0.4 is 10.5 Å². The molecule has 0 aliphatic carbocycles. The number of nitrogens with two attached hydrogens (primary N) is 1. The second-order valence-electron chi connectivity index (χ2n) is 5.15. The molecule has 0 bridgehead atoms. The Morgan fingerprint density at radius 1 is 1.00 bits per heavy atom. The molecule has 2 rings (SSSR count). The van der Waals surface area contributed by atoms with Crippen molar-refractivity contribution in [2.75, 3.05) is 6.61 Å². The minimum atomic E-state index is -0.150. The van der Waals surface area contributed by atoms with Gasteiger partial charge in [0, 0.05) is 5.56 Å². The summed E-state index contributed by atoms with van der Waals surface area (Å²) in [5.41, 5.74) is 11.2. The third-order valence-electron chi connectivity index (χ3n) is 3.70. The van der Waals surface area contributed by atoms with Crippen molar-refractivity contribution in [3.63, 3.8) is 0 Å². The van der Waals surface area contributed by atoms with Crippen molar-refractivity contribution < 1.29 is 4.74 Å². The maximum absolute atomic E-state index is 6.48. The average Bonchev–Trinajstić information content (AvgIpc) is 2.47. The molecule has 0 saturated heterocycles. The molecule has 0 saturated carbocycles. The minimum Gasteiger partial charge on any atom is -0.493 e. The molecule has 2 N–H and O–H groups in total. The van der Waals surface area contributed by atoms with E-state index >= 15 is 0 Å². The molecule has 0 heterocycles. The topological polar surface area (TPSA) is 35.2 Å². The summed E-state index contributed by atoms with van der Waals surface area (Å²) in [6.45, 7) is 7.06. The third kappa shape index (κ3) is 3.02. The molecule has 106 valence electrons. The molecule has 0 fully saturated rings. The zero-order valence-electron chi connectivity index (χ0n) is 12.5. The Kier molecular flexibility index (Phi) is 4.80. The number of rotatable bonds is 5. The largest absolute Gasteiger partial charge is 0.493 e.